The summed E-state index contributed by atoms with van der Waals surface area (Å²) >= 11 is 0. The number of ether oxygens (including phenoxy) is 2. The summed E-state index contributed by atoms with van der Waals surface area (Å²) in [5.41, 5.74) is 0.623. The molecule has 0 radical (unpaired) electrons. The van der Waals surface area contributed by atoms with E-state index in [-0.39, 0.29) is 34.8 Å². The van der Waals surface area contributed by atoms with E-state index in [1.165, 1.54) is 11.1 Å². The van der Waals surface area contributed by atoms with Crippen LogP contribution < -0.4 is 41.4 Å². The molecule has 10 heteroatoms. The second kappa shape index (κ2) is 17.5. The van der Waals surface area contributed by atoms with Crippen molar-refractivity contribution in [3.05, 3.63) is 125 Å². The largest absolute Gasteiger partial charge is 1.00 e. The van der Waals surface area contributed by atoms with E-state index in [1.54, 1.807) is 29.7 Å². The number of hydrogen-bond acceptors (Lipinski definition) is 4. The summed E-state index contributed by atoms with van der Waals surface area (Å²) < 4.78 is 43.9. The molecule has 252 valence electrons. The first-order valence-corrected chi connectivity index (χ1v) is 16.2. The minimum Gasteiger partial charge on any atom is -1.00 e. The number of aryl methyl sites for hydroxylation is 1. The fourth-order valence-electron chi connectivity index (χ4n) is 5.63. The van der Waals surface area contributed by atoms with Crippen LogP contribution in [0.3, 0.4) is 0 Å². The first-order chi connectivity index (χ1) is 22.9. The van der Waals surface area contributed by atoms with Gasteiger partial charge in [0.25, 0.3) is 5.91 Å². The molecule has 2 heterocycles. The van der Waals surface area contributed by atoms with Crippen LogP contribution in [0, 0.1) is 11.6 Å². The van der Waals surface area contributed by atoms with E-state index in [4.69, 9.17) is 9.47 Å². The predicted octanol–water partition coefficient (Wildman–Crippen LogP) is 4.66. The van der Waals surface area contributed by atoms with Gasteiger partial charge in [0.05, 0.1) is 18.7 Å². The van der Waals surface area contributed by atoms with E-state index >= 15 is 0 Å². The Morgan fingerprint density at radius 1 is 0.812 bits per heavy atom. The van der Waals surface area contributed by atoms with Crippen molar-refractivity contribution in [3.63, 3.8) is 0 Å². The molecular formula is C38H40BrF2N3O4. The molecular weight excluding hydrogens is 680 g/mol. The van der Waals surface area contributed by atoms with E-state index in [9.17, 15) is 18.4 Å². The third kappa shape index (κ3) is 9.07. The van der Waals surface area contributed by atoms with Gasteiger partial charge in [-0.15, -0.1) is 0 Å². The van der Waals surface area contributed by atoms with Crippen LogP contribution in [0.15, 0.2) is 102 Å². The van der Waals surface area contributed by atoms with Crippen LogP contribution in [0.1, 0.15) is 56.3 Å². The number of halogens is 3. The number of hydrogen-bond donors (Lipinski definition) is 0. The Kier molecular flexibility index (Phi) is 13.3. The normalized spacial score (nSPS) is 10.8. The average molecular weight is 721 g/mol. The molecule has 5 rings (SSSR count). The number of pyridine rings is 2. The summed E-state index contributed by atoms with van der Waals surface area (Å²) in [6.45, 7) is 5.68. The number of unbranched alkanes of at least 4 members (excludes halogenated alkanes) is 4. The molecule has 48 heavy (non-hydrogen) atoms. The summed E-state index contributed by atoms with van der Waals surface area (Å²) in [5, 5.41) is 0.308. The highest BCUT2D eigenvalue weighted by molar-refractivity contribution is 6.07. The van der Waals surface area contributed by atoms with Gasteiger partial charge in [0.2, 0.25) is 5.43 Å². The second-order valence-electron chi connectivity index (χ2n) is 11.3. The van der Waals surface area contributed by atoms with E-state index in [1.807, 2.05) is 49.4 Å². The van der Waals surface area contributed by atoms with Gasteiger partial charge in [-0.05, 0) is 63.1 Å². The highest BCUT2D eigenvalue weighted by Gasteiger charge is 2.23. The van der Waals surface area contributed by atoms with Gasteiger partial charge in [-0.2, -0.15) is 0 Å². The predicted molar refractivity (Wildman–Crippen MR) is 180 cm³/mol. The molecule has 0 atom stereocenters. The van der Waals surface area contributed by atoms with Gasteiger partial charge < -0.3 is 35.9 Å². The molecule has 0 fully saturated rings. The Labute approximate surface area is 290 Å². The van der Waals surface area contributed by atoms with Crippen molar-refractivity contribution in [1.82, 2.24) is 4.57 Å². The third-order valence-electron chi connectivity index (χ3n) is 7.94. The fourth-order valence-corrected chi connectivity index (χ4v) is 5.63. The first kappa shape index (κ1) is 36.3. The number of nitrogens with zero attached hydrogens (tertiary/aromatic N) is 3. The second-order valence-corrected chi connectivity index (χ2v) is 11.3. The summed E-state index contributed by atoms with van der Waals surface area (Å²) in [4.78, 5) is 28.8. The molecule has 2 aromatic heterocycles. The van der Waals surface area contributed by atoms with E-state index in [0.29, 0.717) is 41.3 Å². The number of carbonyl (C=O) groups excluding carboxylic acids is 1. The summed E-state index contributed by atoms with van der Waals surface area (Å²) in [6, 6.07) is 21.5. The maximum Gasteiger partial charge on any atom is 0.263 e. The molecule has 3 aromatic carbocycles. The molecule has 0 saturated heterocycles. The van der Waals surface area contributed by atoms with Gasteiger partial charge in [0, 0.05) is 66.3 Å². The molecule has 0 aliphatic rings. The summed E-state index contributed by atoms with van der Waals surface area (Å²) in [6.07, 6.45) is 11.0. The van der Waals surface area contributed by atoms with Crippen molar-refractivity contribution in [3.8, 4) is 17.2 Å². The Hall–Kier alpha value is -4.57. The molecule has 1 amide bonds. The quantitative estimate of drug-likeness (QED) is 0.117. The van der Waals surface area contributed by atoms with E-state index in [0.717, 1.165) is 56.8 Å². The highest BCUT2D eigenvalue weighted by atomic mass is 79.9. The molecule has 7 nitrogen and oxygen atoms in total. The number of benzene rings is 3. The zero-order chi connectivity index (χ0) is 33.2. The van der Waals surface area contributed by atoms with Crippen LogP contribution in [0.5, 0.6) is 11.5 Å². The molecule has 5 aromatic rings. The minimum absolute atomic E-state index is 0. The molecule has 0 bridgehead atoms. The Bertz CT molecular complexity index is 1860. The first-order valence-electron chi connectivity index (χ1n) is 16.2. The van der Waals surface area contributed by atoms with Crippen molar-refractivity contribution >= 4 is 22.5 Å². The Morgan fingerprint density at radius 3 is 2.25 bits per heavy atom. The van der Waals surface area contributed by atoms with Gasteiger partial charge in [-0.25, -0.2) is 13.3 Å². The number of aromatic nitrogens is 2. The van der Waals surface area contributed by atoms with E-state index in [2.05, 4.69) is 17.0 Å². The lowest BCUT2D eigenvalue weighted by Gasteiger charge is -2.22. The molecule has 0 unspecified atom stereocenters. The van der Waals surface area contributed by atoms with Crippen LogP contribution in [0.4, 0.5) is 14.5 Å². The standard InChI is InChI=1S/C38H40F2N3O4.BrH/c1-3-42(31-23-28(39)22-29(40)24-31)38(45)35-27-43(30-14-13-15-32(25-30)46-4-2)36-26-33(16-17-34(36)37(35)44)47-21-12-7-5-6-9-18-41-19-10-8-11-20-41;/h8,10-11,13-17,19-20,22-27H,3-7,9,12,18,21H2,1-2H3;1H/q+1;/p-1. The van der Waals surface area contributed by atoms with Crippen molar-refractivity contribution < 1.29 is 44.6 Å². The zero-order valence-electron chi connectivity index (χ0n) is 27.2. The molecule has 0 aliphatic carbocycles. The van der Waals surface area contributed by atoms with Crippen molar-refractivity contribution in [1.29, 1.82) is 0 Å². The Balaban J connectivity index is 0.00000520. The molecule has 0 aliphatic heterocycles. The van der Waals surface area contributed by atoms with E-state index < -0.39 is 23.0 Å². The monoisotopic (exact) mass is 719 g/mol. The molecule has 0 saturated carbocycles. The average Bonchev–Trinajstić information content (AvgIpc) is 3.07. The van der Waals surface area contributed by atoms with Crippen molar-refractivity contribution in [2.24, 2.45) is 0 Å². The van der Waals surface area contributed by atoms with Gasteiger partial charge in [0.15, 0.2) is 12.4 Å². The zero-order valence-corrected chi connectivity index (χ0v) is 28.8. The van der Waals surface area contributed by atoms with Gasteiger partial charge >= 0.3 is 0 Å². The molecule has 0 N–H and O–H groups in total. The lowest BCUT2D eigenvalue weighted by molar-refractivity contribution is -0.697. The maximum atomic E-state index is 14.1. The number of anilines is 1. The number of rotatable bonds is 15. The summed E-state index contributed by atoms with van der Waals surface area (Å²) in [7, 11) is 0. The molecule has 0 spiro atoms. The fraction of sp³-hybridized carbons (Fsp3) is 0.289. The lowest BCUT2D eigenvalue weighted by Crippen LogP contribution is -3.00. The van der Waals surface area contributed by atoms with Crippen molar-refractivity contribution in [2.75, 3.05) is 24.7 Å². The summed E-state index contributed by atoms with van der Waals surface area (Å²) in [5.74, 6) is -1.06. The minimum atomic E-state index is -0.815. The van der Waals surface area contributed by atoms with Crippen LogP contribution in [0.2, 0.25) is 0 Å². The maximum absolute atomic E-state index is 14.1. The number of amides is 1. The SMILES string of the molecule is CCOc1cccc(-n2cc(C(=O)N(CC)c3cc(F)cc(F)c3)c(=O)c3ccc(OCCCCCCC[n+]4ccccc4)cc32)c1.[Br-]. The van der Waals surface area contributed by atoms with Crippen molar-refractivity contribution in [2.45, 2.75) is 52.5 Å². The van der Waals surface area contributed by atoms with Crippen LogP contribution in [0.25, 0.3) is 16.6 Å². The van der Waals surface area contributed by atoms with Gasteiger partial charge in [0.1, 0.15) is 35.2 Å². The number of carbonyl (C=O) groups is 1. The van der Waals surface area contributed by atoms with Crippen LogP contribution in [-0.4, -0.2) is 30.2 Å². The van der Waals surface area contributed by atoms with Crippen LogP contribution >= 0.6 is 0 Å². The smallest absolute Gasteiger partial charge is 0.263 e. The topological polar surface area (TPSA) is 64.6 Å². The third-order valence-corrected chi connectivity index (χ3v) is 7.94. The van der Waals surface area contributed by atoms with Gasteiger partial charge in [-0.3, -0.25) is 9.59 Å². The Morgan fingerprint density at radius 2 is 1.52 bits per heavy atom. The van der Waals surface area contributed by atoms with Crippen LogP contribution in [-0.2, 0) is 6.54 Å². The highest BCUT2D eigenvalue weighted by Crippen LogP contribution is 2.27. The number of fused-ring (bicyclic) bond motifs is 1. The van der Waals surface area contributed by atoms with Gasteiger partial charge in [-0.1, -0.05) is 25.0 Å². The lowest BCUT2D eigenvalue weighted by atomic mass is 10.1.